The quantitative estimate of drug-likeness (QED) is 0.626. The van der Waals surface area contributed by atoms with Crippen LogP contribution in [-0.4, -0.2) is 62.0 Å². The molecule has 1 aromatic carbocycles. The van der Waals surface area contributed by atoms with Crippen LogP contribution in [0.4, 0.5) is 10.1 Å². The second kappa shape index (κ2) is 7.99. The molecule has 1 atom stereocenters. The molecule has 0 aliphatic carbocycles. The van der Waals surface area contributed by atoms with Gasteiger partial charge in [-0.15, -0.1) is 6.42 Å². The van der Waals surface area contributed by atoms with Gasteiger partial charge in [0.25, 0.3) is 0 Å². The predicted octanol–water partition coefficient (Wildman–Crippen LogP) is 0.958. The van der Waals surface area contributed by atoms with Crippen LogP contribution in [0.25, 0.3) is 0 Å². The Kier molecular flexibility index (Phi) is 6.00. The lowest BCUT2D eigenvalue weighted by Gasteiger charge is -2.36. The van der Waals surface area contributed by atoms with Crippen molar-refractivity contribution in [3.63, 3.8) is 0 Å². The van der Waals surface area contributed by atoms with E-state index < -0.39 is 6.10 Å². The van der Waals surface area contributed by atoms with Crippen molar-refractivity contribution in [3.05, 3.63) is 30.1 Å². The van der Waals surface area contributed by atoms with E-state index in [9.17, 15) is 9.50 Å². The number of β-amino-alcohol motifs (C(OH)–C–C–N with tert-alkyl or cyclic N) is 1. The first-order chi connectivity index (χ1) is 10.2. The fourth-order valence-electron chi connectivity index (χ4n) is 2.48. The Morgan fingerprint density at radius 3 is 2.67 bits per heavy atom. The van der Waals surface area contributed by atoms with Gasteiger partial charge >= 0.3 is 0 Å². The smallest absolute Gasteiger partial charge is 0.146 e. The molecular weight excluding hydrogens is 271 g/mol. The second-order valence-corrected chi connectivity index (χ2v) is 5.11. The van der Waals surface area contributed by atoms with Crippen molar-refractivity contribution in [2.75, 3.05) is 50.8 Å². The van der Waals surface area contributed by atoms with Gasteiger partial charge in [0, 0.05) is 32.7 Å². The van der Waals surface area contributed by atoms with E-state index in [0.717, 1.165) is 26.2 Å². The van der Waals surface area contributed by atoms with Crippen molar-refractivity contribution < 1.29 is 14.2 Å². The van der Waals surface area contributed by atoms with Crippen LogP contribution in [-0.2, 0) is 4.74 Å². The molecular formula is C16H21FN2O2. The SMILES string of the molecule is C#CCOC[C@H](O)CN1CCN(c2ccccc2F)CC1. The average molecular weight is 292 g/mol. The lowest BCUT2D eigenvalue weighted by Crippen LogP contribution is -2.49. The lowest BCUT2D eigenvalue weighted by atomic mass is 10.2. The molecule has 0 unspecified atom stereocenters. The van der Waals surface area contributed by atoms with E-state index in [1.165, 1.54) is 6.07 Å². The van der Waals surface area contributed by atoms with Gasteiger partial charge in [0.15, 0.2) is 0 Å². The van der Waals surface area contributed by atoms with Crippen LogP contribution in [0.2, 0.25) is 0 Å². The van der Waals surface area contributed by atoms with E-state index in [0.29, 0.717) is 12.2 Å². The minimum atomic E-state index is -0.543. The van der Waals surface area contributed by atoms with E-state index in [1.807, 2.05) is 11.0 Å². The molecule has 1 heterocycles. The predicted molar refractivity (Wildman–Crippen MR) is 80.7 cm³/mol. The summed E-state index contributed by atoms with van der Waals surface area (Å²) < 4.78 is 18.8. The van der Waals surface area contributed by atoms with Gasteiger partial charge in [-0.05, 0) is 12.1 Å². The molecule has 4 nitrogen and oxygen atoms in total. The largest absolute Gasteiger partial charge is 0.389 e. The minimum Gasteiger partial charge on any atom is -0.389 e. The molecule has 0 amide bonds. The third-order valence-corrected chi connectivity index (χ3v) is 3.53. The standard InChI is InChI=1S/C16H21FN2O2/c1-2-11-21-13-14(20)12-18-7-9-19(10-8-18)16-6-4-3-5-15(16)17/h1,3-6,14,20H,7-13H2/t14-/m1/s1. The van der Waals surface area contributed by atoms with E-state index in [2.05, 4.69) is 10.8 Å². The van der Waals surface area contributed by atoms with Gasteiger partial charge in [-0.1, -0.05) is 18.1 Å². The Morgan fingerprint density at radius 1 is 1.29 bits per heavy atom. The molecule has 1 aliphatic rings. The monoisotopic (exact) mass is 292 g/mol. The molecule has 1 aromatic rings. The maximum absolute atomic E-state index is 13.7. The Bertz CT molecular complexity index is 481. The van der Waals surface area contributed by atoms with Crippen molar-refractivity contribution in [1.82, 2.24) is 4.90 Å². The van der Waals surface area contributed by atoms with Crippen LogP contribution in [0.3, 0.4) is 0 Å². The molecule has 1 fully saturated rings. The van der Waals surface area contributed by atoms with Crippen molar-refractivity contribution in [2.45, 2.75) is 6.10 Å². The summed E-state index contributed by atoms with van der Waals surface area (Å²) in [5, 5.41) is 9.85. The molecule has 2 rings (SSSR count). The molecule has 1 aliphatic heterocycles. The van der Waals surface area contributed by atoms with Gasteiger partial charge in [-0.25, -0.2) is 4.39 Å². The van der Waals surface area contributed by atoms with E-state index in [-0.39, 0.29) is 19.0 Å². The number of rotatable bonds is 6. The van der Waals surface area contributed by atoms with Crippen LogP contribution >= 0.6 is 0 Å². The number of piperazine rings is 1. The Hall–Kier alpha value is -1.61. The van der Waals surface area contributed by atoms with E-state index in [4.69, 9.17) is 11.2 Å². The number of halogens is 1. The summed E-state index contributed by atoms with van der Waals surface area (Å²) in [6, 6.07) is 6.82. The van der Waals surface area contributed by atoms with Gasteiger partial charge in [-0.3, -0.25) is 4.90 Å². The molecule has 5 heteroatoms. The molecule has 1 saturated heterocycles. The molecule has 0 aromatic heterocycles. The van der Waals surface area contributed by atoms with Crippen LogP contribution in [0, 0.1) is 18.2 Å². The maximum atomic E-state index is 13.7. The number of para-hydroxylation sites is 1. The summed E-state index contributed by atoms with van der Waals surface area (Å²) in [5.74, 6) is 2.18. The second-order valence-electron chi connectivity index (χ2n) is 5.11. The summed E-state index contributed by atoms with van der Waals surface area (Å²) in [5.41, 5.74) is 0.648. The molecule has 0 radical (unpaired) electrons. The molecule has 0 bridgehead atoms. The first-order valence-electron chi connectivity index (χ1n) is 7.12. The Morgan fingerprint density at radius 2 is 2.00 bits per heavy atom. The Labute approximate surface area is 125 Å². The van der Waals surface area contributed by atoms with Gasteiger partial charge in [0.2, 0.25) is 0 Å². The topological polar surface area (TPSA) is 35.9 Å². The summed E-state index contributed by atoms with van der Waals surface area (Å²) in [7, 11) is 0. The third-order valence-electron chi connectivity index (χ3n) is 3.53. The van der Waals surface area contributed by atoms with Crippen LogP contribution in [0.5, 0.6) is 0 Å². The number of aliphatic hydroxyl groups excluding tert-OH is 1. The highest BCUT2D eigenvalue weighted by atomic mass is 19.1. The van der Waals surface area contributed by atoms with Crippen LogP contribution in [0.15, 0.2) is 24.3 Å². The Balaban J connectivity index is 1.76. The lowest BCUT2D eigenvalue weighted by molar-refractivity contribution is 0.0267. The average Bonchev–Trinajstić information content (AvgIpc) is 2.49. The van der Waals surface area contributed by atoms with E-state index in [1.54, 1.807) is 12.1 Å². The fourth-order valence-corrected chi connectivity index (χ4v) is 2.48. The number of anilines is 1. The summed E-state index contributed by atoms with van der Waals surface area (Å²) >= 11 is 0. The zero-order valence-electron chi connectivity index (χ0n) is 12.0. The number of benzene rings is 1. The first kappa shape index (κ1) is 15.8. The van der Waals surface area contributed by atoms with Gasteiger partial charge in [0.05, 0.1) is 18.4 Å². The van der Waals surface area contributed by atoms with E-state index >= 15 is 0 Å². The number of hydrogen-bond acceptors (Lipinski definition) is 4. The zero-order valence-corrected chi connectivity index (χ0v) is 12.0. The van der Waals surface area contributed by atoms with Crippen LogP contribution < -0.4 is 4.90 Å². The highest BCUT2D eigenvalue weighted by Crippen LogP contribution is 2.20. The summed E-state index contributed by atoms with van der Waals surface area (Å²) in [6.45, 7) is 4.10. The first-order valence-corrected chi connectivity index (χ1v) is 7.12. The molecule has 0 spiro atoms. The molecule has 0 saturated carbocycles. The van der Waals surface area contributed by atoms with Crippen molar-refractivity contribution in [3.8, 4) is 12.3 Å². The van der Waals surface area contributed by atoms with Crippen LogP contribution in [0.1, 0.15) is 0 Å². The maximum Gasteiger partial charge on any atom is 0.146 e. The van der Waals surface area contributed by atoms with Crippen molar-refractivity contribution in [2.24, 2.45) is 0 Å². The molecule has 21 heavy (non-hydrogen) atoms. The number of terminal acetylenes is 1. The summed E-state index contributed by atoms with van der Waals surface area (Å²) in [6.07, 6.45) is 4.54. The number of nitrogens with zero attached hydrogens (tertiary/aromatic N) is 2. The fraction of sp³-hybridized carbons (Fsp3) is 0.500. The number of aliphatic hydroxyl groups is 1. The normalized spacial score (nSPS) is 17.5. The van der Waals surface area contributed by atoms with Gasteiger partial charge < -0.3 is 14.7 Å². The van der Waals surface area contributed by atoms with Gasteiger partial charge in [-0.2, -0.15) is 0 Å². The highest BCUT2D eigenvalue weighted by Gasteiger charge is 2.20. The third kappa shape index (κ3) is 4.71. The van der Waals surface area contributed by atoms with Crippen molar-refractivity contribution >= 4 is 5.69 Å². The van der Waals surface area contributed by atoms with Crippen molar-refractivity contribution in [1.29, 1.82) is 0 Å². The molecule has 114 valence electrons. The highest BCUT2D eigenvalue weighted by molar-refractivity contribution is 5.47. The number of hydrogen-bond donors (Lipinski definition) is 1. The summed E-state index contributed by atoms with van der Waals surface area (Å²) in [4.78, 5) is 4.19. The molecule has 1 N–H and O–H groups in total. The number of ether oxygens (including phenoxy) is 1. The minimum absolute atomic E-state index is 0.186. The zero-order chi connectivity index (χ0) is 15.1. The van der Waals surface area contributed by atoms with Gasteiger partial charge in [0.1, 0.15) is 12.4 Å².